The first kappa shape index (κ1) is 20.3. The van der Waals surface area contributed by atoms with Gasteiger partial charge < -0.3 is 10.4 Å². The summed E-state index contributed by atoms with van der Waals surface area (Å²) in [7, 11) is 0. The summed E-state index contributed by atoms with van der Waals surface area (Å²) >= 11 is 8.15. The van der Waals surface area contributed by atoms with E-state index in [9.17, 15) is 19.5 Å². The summed E-state index contributed by atoms with van der Waals surface area (Å²) in [5.74, 6) is -1.09. The summed E-state index contributed by atoms with van der Waals surface area (Å²) in [6.45, 7) is -0.373. The topological polar surface area (TPSA) is 86.7 Å². The molecular weight excluding hydrogens is 420 g/mol. The van der Waals surface area contributed by atoms with Gasteiger partial charge in [0, 0.05) is 10.6 Å². The first-order valence-electron chi connectivity index (χ1n) is 8.05. The lowest BCUT2D eigenvalue weighted by Gasteiger charge is -2.12. The molecule has 2 aromatic carbocycles. The molecule has 1 aliphatic heterocycles. The van der Waals surface area contributed by atoms with Gasteiger partial charge in [-0.05, 0) is 60.0 Å². The fraction of sp³-hybridized carbons (Fsp3) is 0.105. The van der Waals surface area contributed by atoms with Crippen molar-refractivity contribution in [1.82, 2.24) is 4.90 Å². The van der Waals surface area contributed by atoms with Gasteiger partial charge in [0.15, 0.2) is 0 Å². The van der Waals surface area contributed by atoms with E-state index in [2.05, 4.69) is 5.32 Å². The number of carbonyl (C=O) groups is 3. The van der Waals surface area contributed by atoms with Crippen molar-refractivity contribution in [2.45, 2.75) is 4.90 Å². The summed E-state index contributed by atoms with van der Waals surface area (Å²) in [6, 6.07) is 11.7. The van der Waals surface area contributed by atoms with Gasteiger partial charge in [-0.2, -0.15) is 0 Å². The van der Waals surface area contributed by atoms with Crippen LogP contribution in [0.5, 0.6) is 5.75 Å². The number of nitrogens with one attached hydrogen (secondary N) is 1. The number of aromatic hydroxyl groups is 1. The fourth-order valence-corrected chi connectivity index (χ4v) is 3.93. The minimum atomic E-state index is -0.549. The van der Waals surface area contributed by atoms with Gasteiger partial charge in [-0.25, -0.2) is 0 Å². The Bertz CT molecular complexity index is 994. The molecule has 2 N–H and O–H groups in total. The number of carbonyl (C=O) groups excluding carboxylic acids is 3. The van der Waals surface area contributed by atoms with E-state index in [4.69, 9.17) is 11.6 Å². The molecular formula is C19H15ClN2O4S2. The molecule has 28 heavy (non-hydrogen) atoms. The van der Waals surface area contributed by atoms with Crippen molar-refractivity contribution in [3.8, 4) is 5.75 Å². The molecule has 2 aromatic rings. The minimum absolute atomic E-state index is 0.0749. The SMILES string of the molecule is CSc1cccc(NC(=O)CN2C(=O)S/C(=C/c3ccc(O)c(Cl)c3)C2=O)c1. The number of anilines is 1. The molecule has 0 saturated carbocycles. The number of phenolic OH excluding ortho intramolecular Hbond substituents is 1. The summed E-state index contributed by atoms with van der Waals surface area (Å²) in [4.78, 5) is 39.0. The molecule has 0 aromatic heterocycles. The Morgan fingerprint density at radius 1 is 1.29 bits per heavy atom. The second-order valence-electron chi connectivity index (χ2n) is 5.76. The van der Waals surface area contributed by atoms with Crippen LogP contribution in [0.25, 0.3) is 6.08 Å². The van der Waals surface area contributed by atoms with E-state index in [1.807, 2.05) is 24.5 Å². The Hall–Kier alpha value is -2.42. The Balaban J connectivity index is 1.70. The van der Waals surface area contributed by atoms with Crippen molar-refractivity contribution < 1.29 is 19.5 Å². The summed E-state index contributed by atoms with van der Waals surface area (Å²) in [5.41, 5.74) is 1.16. The Morgan fingerprint density at radius 3 is 2.79 bits per heavy atom. The van der Waals surface area contributed by atoms with Crippen molar-refractivity contribution in [3.05, 3.63) is 58.0 Å². The number of nitrogens with zero attached hydrogens (tertiary/aromatic N) is 1. The first-order chi connectivity index (χ1) is 13.4. The number of rotatable bonds is 5. The molecule has 0 spiro atoms. The maximum absolute atomic E-state index is 12.5. The number of amides is 3. The van der Waals surface area contributed by atoms with Crippen molar-refractivity contribution in [2.24, 2.45) is 0 Å². The van der Waals surface area contributed by atoms with E-state index in [0.29, 0.717) is 11.3 Å². The predicted octanol–water partition coefficient (Wildman–Crippen LogP) is 4.44. The fourth-order valence-electron chi connectivity index (χ4n) is 2.45. The van der Waals surface area contributed by atoms with Gasteiger partial charge in [0.05, 0.1) is 9.93 Å². The van der Waals surface area contributed by atoms with Crippen LogP contribution in [0, 0.1) is 0 Å². The summed E-state index contributed by atoms with van der Waals surface area (Å²) in [5, 5.41) is 11.8. The van der Waals surface area contributed by atoms with Crippen molar-refractivity contribution in [1.29, 1.82) is 0 Å². The predicted molar refractivity (Wildman–Crippen MR) is 113 cm³/mol. The van der Waals surface area contributed by atoms with E-state index in [1.54, 1.807) is 23.9 Å². The normalized spacial score (nSPS) is 15.4. The van der Waals surface area contributed by atoms with E-state index in [0.717, 1.165) is 21.6 Å². The van der Waals surface area contributed by atoms with Gasteiger partial charge in [-0.1, -0.05) is 23.7 Å². The number of hydrogen-bond donors (Lipinski definition) is 2. The second-order valence-corrected chi connectivity index (χ2v) is 8.04. The minimum Gasteiger partial charge on any atom is -0.506 e. The first-order valence-corrected chi connectivity index (χ1v) is 10.5. The Kier molecular flexibility index (Phi) is 6.33. The van der Waals surface area contributed by atoms with Crippen molar-refractivity contribution >= 4 is 63.9 Å². The highest BCUT2D eigenvalue weighted by Crippen LogP contribution is 2.33. The lowest BCUT2D eigenvalue weighted by atomic mass is 10.2. The lowest BCUT2D eigenvalue weighted by molar-refractivity contribution is -0.127. The Labute approximate surface area is 174 Å². The van der Waals surface area contributed by atoms with E-state index in [-0.39, 0.29) is 22.2 Å². The molecule has 0 radical (unpaired) electrons. The Morgan fingerprint density at radius 2 is 2.07 bits per heavy atom. The van der Waals surface area contributed by atoms with Gasteiger partial charge in [0.25, 0.3) is 11.1 Å². The molecule has 144 valence electrons. The zero-order chi connectivity index (χ0) is 20.3. The number of hydrogen-bond acceptors (Lipinski definition) is 6. The maximum Gasteiger partial charge on any atom is 0.294 e. The summed E-state index contributed by atoms with van der Waals surface area (Å²) < 4.78 is 0. The number of benzene rings is 2. The molecule has 1 aliphatic rings. The molecule has 0 atom stereocenters. The standard InChI is InChI=1S/C19H15ClN2O4S2/c1-27-13-4-2-3-12(9-13)21-17(24)10-22-18(25)16(28-19(22)26)8-11-5-6-15(23)14(20)7-11/h2-9,23H,10H2,1H3,(H,21,24)/b16-8+. The third-order valence-electron chi connectivity index (χ3n) is 3.80. The molecule has 0 unspecified atom stereocenters. The molecule has 1 fully saturated rings. The second kappa shape index (κ2) is 8.72. The number of thioether (sulfide) groups is 2. The molecule has 6 nitrogen and oxygen atoms in total. The highest BCUT2D eigenvalue weighted by Gasteiger charge is 2.36. The molecule has 1 heterocycles. The smallest absolute Gasteiger partial charge is 0.294 e. The molecule has 3 rings (SSSR count). The van der Waals surface area contributed by atoms with Gasteiger partial charge in [0.2, 0.25) is 5.91 Å². The van der Waals surface area contributed by atoms with Gasteiger partial charge in [-0.3, -0.25) is 19.3 Å². The lowest BCUT2D eigenvalue weighted by Crippen LogP contribution is -2.36. The van der Waals surface area contributed by atoms with Crippen LogP contribution in [0.2, 0.25) is 5.02 Å². The van der Waals surface area contributed by atoms with Crippen molar-refractivity contribution in [3.63, 3.8) is 0 Å². The van der Waals surface area contributed by atoms with Gasteiger partial charge in [-0.15, -0.1) is 11.8 Å². The molecule has 9 heteroatoms. The van der Waals surface area contributed by atoms with E-state index >= 15 is 0 Å². The van der Waals surface area contributed by atoms with Crippen LogP contribution in [-0.2, 0) is 9.59 Å². The third-order valence-corrected chi connectivity index (χ3v) is 5.73. The van der Waals surface area contributed by atoms with Gasteiger partial charge >= 0.3 is 0 Å². The molecule has 1 saturated heterocycles. The highest BCUT2D eigenvalue weighted by atomic mass is 35.5. The summed E-state index contributed by atoms with van der Waals surface area (Å²) in [6.07, 6.45) is 3.42. The number of imide groups is 1. The average Bonchev–Trinajstić information content (AvgIpc) is 2.92. The van der Waals surface area contributed by atoms with Crippen LogP contribution in [0.4, 0.5) is 10.5 Å². The molecule has 0 aliphatic carbocycles. The van der Waals surface area contributed by atoms with E-state index in [1.165, 1.54) is 18.2 Å². The zero-order valence-electron chi connectivity index (χ0n) is 14.6. The van der Waals surface area contributed by atoms with Crippen LogP contribution in [0.3, 0.4) is 0 Å². The quantitative estimate of drug-likeness (QED) is 0.534. The number of phenols is 1. The van der Waals surface area contributed by atoms with Crippen molar-refractivity contribution in [2.75, 3.05) is 18.1 Å². The van der Waals surface area contributed by atoms with Crippen LogP contribution in [-0.4, -0.2) is 39.9 Å². The van der Waals surface area contributed by atoms with Crippen LogP contribution < -0.4 is 5.32 Å². The highest BCUT2D eigenvalue weighted by molar-refractivity contribution is 8.18. The van der Waals surface area contributed by atoms with Crippen LogP contribution >= 0.6 is 35.1 Å². The average molecular weight is 435 g/mol. The zero-order valence-corrected chi connectivity index (χ0v) is 17.0. The van der Waals surface area contributed by atoms with Crippen LogP contribution in [0.1, 0.15) is 5.56 Å². The van der Waals surface area contributed by atoms with E-state index < -0.39 is 17.1 Å². The molecule has 3 amide bonds. The number of halogens is 1. The maximum atomic E-state index is 12.5. The molecule has 0 bridgehead atoms. The van der Waals surface area contributed by atoms with Gasteiger partial charge in [0.1, 0.15) is 12.3 Å². The largest absolute Gasteiger partial charge is 0.506 e. The monoisotopic (exact) mass is 434 g/mol. The third kappa shape index (κ3) is 4.70. The van der Waals surface area contributed by atoms with Crippen LogP contribution in [0.15, 0.2) is 52.3 Å².